The van der Waals surface area contributed by atoms with Crippen LogP contribution in [0.5, 0.6) is 0 Å². The number of rotatable bonds is 13. The number of hydrogen-bond acceptors (Lipinski definition) is 4. The molecule has 0 aromatic rings. The standard InChI is InChI=1S/C16H40N3OP/c1-8-11-14-17(4)21(20-7,18(5)15-12-9-2)19(6)16-13-10-3/h21H,8-16H2,1-7H3. The van der Waals surface area contributed by atoms with Gasteiger partial charge >= 0.3 is 134 Å². The Morgan fingerprint density at radius 3 is 1.14 bits per heavy atom. The van der Waals surface area contributed by atoms with E-state index in [4.69, 9.17) is 4.52 Å². The van der Waals surface area contributed by atoms with Crippen molar-refractivity contribution in [1.29, 1.82) is 0 Å². The van der Waals surface area contributed by atoms with Gasteiger partial charge < -0.3 is 0 Å². The molecule has 0 atom stereocenters. The average molecular weight is 321 g/mol. The second kappa shape index (κ2) is 11.8. The fourth-order valence-electron chi connectivity index (χ4n) is 2.96. The fourth-order valence-corrected chi connectivity index (χ4v) is 7.00. The van der Waals surface area contributed by atoms with Crippen molar-refractivity contribution in [3.63, 3.8) is 0 Å². The van der Waals surface area contributed by atoms with Crippen molar-refractivity contribution >= 4 is 7.94 Å². The first-order valence-corrected chi connectivity index (χ1v) is 10.4. The van der Waals surface area contributed by atoms with Gasteiger partial charge in [0.25, 0.3) is 0 Å². The molecule has 21 heavy (non-hydrogen) atoms. The molecule has 0 heterocycles. The van der Waals surface area contributed by atoms with Gasteiger partial charge in [-0.1, -0.05) is 0 Å². The second-order valence-corrected chi connectivity index (χ2v) is 9.95. The average Bonchev–Trinajstić information content (AvgIpc) is 2.49. The van der Waals surface area contributed by atoms with Crippen molar-refractivity contribution in [2.24, 2.45) is 0 Å². The minimum absolute atomic E-state index is 1.11. The van der Waals surface area contributed by atoms with E-state index in [1.165, 1.54) is 38.5 Å². The van der Waals surface area contributed by atoms with Crippen molar-refractivity contribution in [2.75, 3.05) is 47.9 Å². The van der Waals surface area contributed by atoms with Gasteiger partial charge in [-0.2, -0.15) is 0 Å². The molecule has 0 bridgehead atoms. The van der Waals surface area contributed by atoms with Crippen LogP contribution >= 0.6 is 7.94 Å². The first-order chi connectivity index (χ1) is 10.0. The fraction of sp³-hybridized carbons (Fsp3) is 1.00. The van der Waals surface area contributed by atoms with Gasteiger partial charge in [0.15, 0.2) is 0 Å². The predicted octanol–water partition coefficient (Wildman–Crippen LogP) is 4.24. The van der Waals surface area contributed by atoms with Crippen molar-refractivity contribution in [1.82, 2.24) is 14.0 Å². The van der Waals surface area contributed by atoms with Crippen LogP contribution in [0.3, 0.4) is 0 Å². The van der Waals surface area contributed by atoms with E-state index in [-0.39, 0.29) is 0 Å². The molecule has 0 amide bonds. The van der Waals surface area contributed by atoms with Crippen LogP contribution in [0.4, 0.5) is 0 Å². The maximum absolute atomic E-state index is 6.23. The Balaban J connectivity index is 5.14. The van der Waals surface area contributed by atoms with Crippen molar-refractivity contribution in [3.8, 4) is 0 Å². The molecule has 0 saturated carbocycles. The summed E-state index contributed by atoms with van der Waals surface area (Å²) in [7, 11) is 6.45. The zero-order valence-electron chi connectivity index (χ0n) is 15.6. The molecule has 0 radical (unpaired) electrons. The molecule has 0 rings (SSSR count). The molecule has 0 aromatic carbocycles. The molecule has 0 aliphatic rings. The molecular weight excluding hydrogens is 281 g/mol. The quantitative estimate of drug-likeness (QED) is 0.472. The number of nitrogens with zero attached hydrogens (tertiary/aromatic N) is 3. The third kappa shape index (κ3) is 6.11. The van der Waals surface area contributed by atoms with E-state index >= 15 is 0 Å². The maximum atomic E-state index is 6.23. The van der Waals surface area contributed by atoms with Gasteiger partial charge in [0, 0.05) is 0 Å². The molecule has 5 heteroatoms. The van der Waals surface area contributed by atoms with Crippen LogP contribution in [-0.4, -0.2) is 61.9 Å². The van der Waals surface area contributed by atoms with Crippen LogP contribution in [0, 0.1) is 0 Å². The molecular formula is C16H40N3OP. The third-order valence-electron chi connectivity index (χ3n) is 4.31. The van der Waals surface area contributed by atoms with Crippen LogP contribution in [0.2, 0.25) is 0 Å². The normalized spacial score (nSPS) is 13.6. The Morgan fingerprint density at radius 2 is 0.952 bits per heavy atom. The Labute approximate surface area is 134 Å². The van der Waals surface area contributed by atoms with Gasteiger partial charge in [0.05, 0.1) is 0 Å². The molecule has 0 aliphatic carbocycles. The summed E-state index contributed by atoms with van der Waals surface area (Å²) in [4.78, 5) is 0. The Kier molecular flexibility index (Phi) is 11.9. The molecule has 0 aromatic heterocycles. The van der Waals surface area contributed by atoms with Gasteiger partial charge in [-0.25, -0.2) is 0 Å². The predicted molar refractivity (Wildman–Crippen MR) is 97.9 cm³/mol. The molecule has 0 spiro atoms. The molecule has 0 unspecified atom stereocenters. The first kappa shape index (κ1) is 21.3. The van der Waals surface area contributed by atoms with Crippen LogP contribution < -0.4 is 0 Å². The van der Waals surface area contributed by atoms with Gasteiger partial charge in [0.1, 0.15) is 0 Å². The zero-order valence-corrected chi connectivity index (χ0v) is 16.6. The van der Waals surface area contributed by atoms with Gasteiger partial charge in [-0.05, 0) is 0 Å². The molecule has 130 valence electrons. The van der Waals surface area contributed by atoms with Crippen LogP contribution in [0.1, 0.15) is 59.3 Å². The van der Waals surface area contributed by atoms with Crippen molar-refractivity contribution in [3.05, 3.63) is 0 Å². The Bertz CT molecular complexity index is 218. The summed E-state index contributed by atoms with van der Waals surface area (Å²) in [5, 5.41) is 0. The summed E-state index contributed by atoms with van der Waals surface area (Å²) in [6.07, 6.45) is 7.40. The molecule has 0 saturated heterocycles. The van der Waals surface area contributed by atoms with Gasteiger partial charge in [-0.3, -0.25) is 0 Å². The first-order valence-electron chi connectivity index (χ1n) is 8.69. The SMILES string of the molecule is CCCCN(C)[PH](OC)(N(C)CCCC)N(C)CCCC. The van der Waals surface area contributed by atoms with Crippen LogP contribution in [0.25, 0.3) is 0 Å². The molecule has 0 aliphatic heterocycles. The molecule has 4 nitrogen and oxygen atoms in total. The summed E-state index contributed by atoms with van der Waals surface area (Å²) >= 11 is 0. The summed E-state index contributed by atoms with van der Waals surface area (Å²) in [5.41, 5.74) is 0. The van der Waals surface area contributed by atoms with Crippen molar-refractivity contribution in [2.45, 2.75) is 59.3 Å². The van der Waals surface area contributed by atoms with E-state index < -0.39 is 7.94 Å². The number of hydrogen-bond donors (Lipinski definition) is 0. The van der Waals surface area contributed by atoms with Gasteiger partial charge in [0.2, 0.25) is 0 Å². The summed E-state index contributed by atoms with van der Waals surface area (Å²) in [6, 6.07) is 0. The van der Waals surface area contributed by atoms with E-state index in [9.17, 15) is 0 Å². The van der Waals surface area contributed by atoms with E-state index in [0.29, 0.717) is 0 Å². The monoisotopic (exact) mass is 321 g/mol. The van der Waals surface area contributed by atoms with E-state index in [0.717, 1.165) is 19.6 Å². The topological polar surface area (TPSA) is 19.0 Å². The molecule has 0 N–H and O–H groups in total. The second-order valence-electron chi connectivity index (χ2n) is 6.10. The van der Waals surface area contributed by atoms with Crippen LogP contribution in [-0.2, 0) is 4.52 Å². The van der Waals surface area contributed by atoms with E-state index in [2.05, 4.69) is 55.9 Å². The van der Waals surface area contributed by atoms with Crippen molar-refractivity contribution < 1.29 is 4.52 Å². The Morgan fingerprint density at radius 1 is 0.667 bits per heavy atom. The van der Waals surface area contributed by atoms with Gasteiger partial charge in [-0.15, -0.1) is 0 Å². The van der Waals surface area contributed by atoms with E-state index in [1.807, 2.05) is 7.11 Å². The summed E-state index contributed by atoms with van der Waals surface area (Å²) in [6.45, 7) is 10.1. The molecule has 0 fully saturated rings. The minimum atomic E-state index is -2.19. The zero-order chi connectivity index (χ0) is 16.3. The summed E-state index contributed by atoms with van der Waals surface area (Å²) in [5.74, 6) is 0. The van der Waals surface area contributed by atoms with E-state index in [1.54, 1.807) is 0 Å². The number of unbranched alkanes of at least 4 members (excludes halogenated alkanes) is 3. The van der Waals surface area contributed by atoms with Crippen LogP contribution in [0.15, 0.2) is 0 Å². The Hall–Kier alpha value is 0.270. The summed E-state index contributed by atoms with van der Waals surface area (Å²) < 4.78 is 13.7. The third-order valence-corrected chi connectivity index (χ3v) is 8.51.